The predicted molar refractivity (Wildman–Crippen MR) is 345 cm³/mol. The number of aromatic nitrogens is 8. The third-order valence-corrected chi connectivity index (χ3v) is 23.2. The van der Waals surface area contributed by atoms with E-state index in [4.69, 9.17) is 94.6 Å². The Balaban J connectivity index is 0.000000151. The van der Waals surface area contributed by atoms with Crippen molar-refractivity contribution in [1.29, 1.82) is 0 Å². The van der Waals surface area contributed by atoms with Gasteiger partial charge in [0.25, 0.3) is 16.7 Å². The number of hydrogen-bond donors (Lipinski definition) is 7. The molecular formula is C56H84N9O26P3S2. The lowest BCUT2D eigenvalue weighted by atomic mass is 9.87. The van der Waals surface area contributed by atoms with Gasteiger partial charge in [-0.1, -0.05) is 27.7 Å². The fourth-order valence-electron chi connectivity index (χ4n) is 13.4. The van der Waals surface area contributed by atoms with Crippen LogP contribution in [0.5, 0.6) is 0 Å². The number of fused-ring (bicyclic) bond motifs is 8. The van der Waals surface area contributed by atoms with E-state index in [-0.39, 0.29) is 23.6 Å². The van der Waals surface area contributed by atoms with E-state index in [1.165, 1.54) is 51.1 Å². The number of nitrogens with one attached hydrogen (secondary N) is 3. The predicted octanol–water partition coefficient (Wildman–Crippen LogP) is 2.18. The summed E-state index contributed by atoms with van der Waals surface area (Å²) < 4.78 is 102. The number of ether oxygens (including phenoxy) is 9. The Bertz CT molecular complexity index is 3960. The number of phosphoric ester groups is 1. The second-order valence-electron chi connectivity index (χ2n) is 24.2. The van der Waals surface area contributed by atoms with Crippen LogP contribution in [0.15, 0.2) is 58.3 Å². The van der Waals surface area contributed by atoms with E-state index >= 15 is 0 Å². The van der Waals surface area contributed by atoms with Crippen LogP contribution in [0.1, 0.15) is 126 Å². The second-order valence-corrected chi connectivity index (χ2v) is 31.5. The van der Waals surface area contributed by atoms with Crippen molar-refractivity contribution in [2.45, 2.75) is 203 Å². The summed E-state index contributed by atoms with van der Waals surface area (Å²) in [4.78, 5) is 124. The van der Waals surface area contributed by atoms with Gasteiger partial charge < -0.3 is 72.1 Å². The molecule has 35 nitrogen and oxygen atoms in total. The monoisotopic (exact) mass is 1460 g/mol. The number of aromatic amines is 3. The molecule has 0 aromatic carbocycles. The van der Waals surface area contributed by atoms with Gasteiger partial charge in [0.05, 0.1) is 26.4 Å². The van der Waals surface area contributed by atoms with Gasteiger partial charge in [-0.3, -0.25) is 65.7 Å². The maximum absolute atomic E-state index is 12.3. The third-order valence-electron chi connectivity index (χ3n) is 18.9. The first-order valence-corrected chi connectivity index (χ1v) is 37.6. The number of nitrogen functional groups attached to an aromatic ring is 1. The molecule has 8 aliphatic heterocycles. The number of aryl methyl sites for hydroxylation is 4. The highest BCUT2D eigenvalue weighted by Gasteiger charge is 2.64. The molecule has 8 aliphatic rings. The molecule has 0 radical (unpaired) electrons. The normalized spacial score (nSPS) is 34.2. The zero-order valence-corrected chi connectivity index (χ0v) is 59.2. The van der Waals surface area contributed by atoms with E-state index in [0.717, 1.165) is 20.0 Å². The zero-order chi connectivity index (χ0) is 70.4. The summed E-state index contributed by atoms with van der Waals surface area (Å²) in [6.45, 7) is 9.26. The SMILES string of the molecule is CC[C@]12CCO[C@@H](C1OC)[C@H](n1cc(C)c(=O)[nH]c1=O)O2.CC[C@]12CCO[C@@H](C1OP(=O)(O)OC)[C@H](n1cc(C)c(=O)[nH]c1=O)O2.CC[C@]12CCO[C@@H](C1OP(O)(=S)OC)[C@H](n1cc(C)c(=O)[nH]c1=O)O2.CC[C@]12CCO[C@@H](C1OP(O)(=S)OC)[C@H](n1cc(C)c(N)nc1=O)O2. The molecule has 8 saturated heterocycles. The number of hydrogen-bond acceptors (Lipinski definition) is 27. The summed E-state index contributed by atoms with van der Waals surface area (Å²) >= 11 is 9.96. The number of nitrogens with zero attached hydrogens (tertiary/aromatic N) is 5. The van der Waals surface area contributed by atoms with E-state index in [1.54, 1.807) is 41.0 Å². The Labute approximate surface area is 559 Å². The van der Waals surface area contributed by atoms with Crippen molar-refractivity contribution in [3.05, 3.63) is 120 Å². The van der Waals surface area contributed by atoms with Gasteiger partial charge in [0.2, 0.25) is 0 Å². The summed E-state index contributed by atoms with van der Waals surface area (Å²) in [6.07, 6.45) is 2.65. The Kier molecular flexibility index (Phi) is 23.4. The summed E-state index contributed by atoms with van der Waals surface area (Å²) in [5, 5.41) is 0. The number of anilines is 1. The first kappa shape index (κ1) is 75.7. The highest BCUT2D eigenvalue weighted by atomic mass is 32.5. The van der Waals surface area contributed by atoms with Crippen molar-refractivity contribution >= 4 is 50.7 Å². The van der Waals surface area contributed by atoms with Crippen molar-refractivity contribution in [2.24, 2.45) is 0 Å². The highest BCUT2D eigenvalue weighted by molar-refractivity contribution is 8.07. The lowest BCUT2D eigenvalue weighted by Gasteiger charge is -2.38. The molecular weight excluding hydrogens is 1370 g/mol. The minimum Gasteiger partial charge on any atom is -0.383 e. The average molecular weight is 1460 g/mol. The molecule has 0 saturated carbocycles. The van der Waals surface area contributed by atoms with Gasteiger partial charge in [-0.2, -0.15) is 4.98 Å². The van der Waals surface area contributed by atoms with Crippen LogP contribution in [0.2, 0.25) is 0 Å². The maximum Gasteiger partial charge on any atom is 0.472 e. The number of rotatable bonds is 18. The molecule has 8 N–H and O–H groups in total. The van der Waals surface area contributed by atoms with E-state index < -0.39 is 139 Å². The molecule has 19 atom stereocenters. The van der Waals surface area contributed by atoms with Gasteiger partial charge in [-0.15, -0.1) is 0 Å². The quantitative estimate of drug-likeness (QED) is 0.0702. The fraction of sp³-hybridized carbons (Fsp3) is 0.714. The standard InChI is InChI=1S/C14H22N3O6PS.C14H21N2O8P.C14H21N2O7PS.C14H20N2O5/c1-4-14-5-6-21-9(10(14)23-24(19,25)20-3)12(22-14)17-7-8(2)11(15)16-13(17)18;1-4-14-5-6-22-9(10(14)24-25(19,20)21-3)12(23-14)16-7-8(2)11(17)15-13(16)18;1-4-14-5-6-21-9(10(14)23-24(19,25)20-3)12(22-14)16-7-8(2)11(17)15-13(16)18;1-4-14-5-6-20-9(10(14)19-3)12(21-14)16-7-8(2)11(17)15-13(16)18/h7,9-10,12H,4-6H2,1-3H3,(H,19,25)(H2,15,16,18);7,9-10,12H,4-6H2,1-3H3,(H,19,20)(H,15,17,18);7,9-10,12H,4-6H2,1-3H3,(H,19,25)(H,15,17,18);7,9-10,12H,4-6H2,1-3H3,(H,15,17,18)/t9-,10?,12+,14-,24?;9-,10?,12+,14-;9-,10?,12+,14-,24?;9-,10?,12+,14-/m0000/s1. The molecule has 12 heterocycles. The van der Waals surface area contributed by atoms with Crippen molar-refractivity contribution in [3.63, 3.8) is 0 Å². The number of nitrogens with two attached hydrogens (primary N) is 1. The molecule has 4 aromatic rings. The van der Waals surface area contributed by atoms with E-state index in [2.05, 4.69) is 24.5 Å². The van der Waals surface area contributed by atoms with Crippen LogP contribution in [0, 0.1) is 27.7 Å². The molecule has 8 fully saturated rings. The van der Waals surface area contributed by atoms with E-state index in [9.17, 15) is 52.8 Å². The molecule has 4 aromatic heterocycles. The van der Waals surface area contributed by atoms with Gasteiger partial charge in [-0.25, -0.2) is 23.7 Å². The molecule has 0 spiro atoms. The van der Waals surface area contributed by atoms with Crippen LogP contribution in [-0.2, 0) is 98.0 Å². The topological polar surface area (TPSA) is 442 Å². The Morgan fingerprint density at radius 3 is 1.08 bits per heavy atom. The van der Waals surface area contributed by atoms with Gasteiger partial charge in [-0.05, 0) is 77.0 Å². The fourth-order valence-corrected chi connectivity index (χ4v) is 16.0. The smallest absolute Gasteiger partial charge is 0.383 e. The Hall–Kier alpha value is -4.47. The first-order chi connectivity index (χ1) is 45.2. The third kappa shape index (κ3) is 14.8. The van der Waals surface area contributed by atoms with Crippen molar-refractivity contribution < 1.29 is 89.0 Å². The largest absolute Gasteiger partial charge is 0.472 e. The van der Waals surface area contributed by atoms with Gasteiger partial charge in [0, 0.05) is 101 Å². The molecule has 7 unspecified atom stereocenters. The van der Waals surface area contributed by atoms with Crippen molar-refractivity contribution in [3.8, 4) is 0 Å². The second kappa shape index (κ2) is 29.6. The van der Waals surface area contributed by atoms with Crippen LogP contribution in [-0.4, -0.2) is 179 Å². The Morgan fingerprint density at radius 2 is 0.792 bits per heavy atom. The minimum absolute atomic E-state index is 0.173. The summed E-state index contributed by atoms with van der Waals surface area (Å²) in [7, 11) is 0.982. The van der Waals surface area contributed by atoms with Crippen LogP contribution < -0.4 is 45.2 Å². The molecule has 96 heavy (non-hydrogen) atoms. The lowest BCUT2D eigenvalue weighted by molar-refractivity contribution is -0.136. The first-order valence-electron chi connectivity index (χ1n) is 30.9. The van der Waals surface area contributed by atoms with Crippen molar-refractivity contribution in [1.82, 2.24) is 38.2 Å². The van der Waals surface area contributed by atoms with Crippen LogP contribution in [0.4, 0.5) is 5.82 Å². The average Bonchev–Trinajstić information content (AvgIpc) is 1.62. The number of methoxy groups -OCH3 is 1. The molecule has 8 bridgehead atoms. The molecule has 536 valence electrons. The van der Waals surface area contributed by atoms with Crippen LogP contribution in [0.25, 0.3) is 0 Å². The van der Waals surface area contributed by atoms with E-state index in [0.29, 0.717) is 87.2 Å². The lowest BCUT2D eigenvalue weighted by Crippen LogP contribution is -2.49. The van der Waals surface area contributed by atoms with Crippen molar-refractivity contribution in [2.75, 3.05) is 60.6 Å². The summed E-state index contributed by atoms with van der Waals surface area (Å²) in [6, 6.07) is 0. The highest BCUT2D eigenvalue weighted by Crippen LogP contribution is 2.58. The molecule has 0 amide bonds. The number of phosphoric acid groups is 1. The molecule has 12 rings (SSSR count). The summed E-state index contributed by atoms with van der Waals surface area (Å²) in [5.74, 6) is 0.173. The summed E-state index contributed by atoms with van der Waals surface area (Å²) in [5.41, 5.74) is 1.08. The maximum atomic E-state index is 12.3. The Morgan fingerprint density at radius 1 is 0.500 bits per heavy atom. The minimum atomic E-state index is -4.28. The van der Waals surface area contributed by atoms with Gasteiger partial charge in [0.15, 0.2) is 24.9 Å². The number of H-pyrrole nitrogens is 3. The van der Waals surface area contributed by atoms with Gasteiger partial charge >= 0.3 is 44.0 Å². The molecule has 0 aliphatic carbocycles. The van der Waals surface area contributed by atoms with Crippen LogP contribution >= 0.6 is 21.3 Å². The molecule has 40 heteroatoms. The zero-order valence-electron chi connectivity index (χ0n) is 54.9. The van der Waals surface area contributed by atoms with Crippen LogP contribution in [0.3, 0.4) is 0 Å². The van der Waals surface area contributed by atoms with Gasteiger partial charge in [0.1, 0.15) is 77.1 Å². The van der Waals surface area contributed by atoms with E-state index in [1.807, 2.05) is 27.7 Å².